The first-order chi connectivity index (χ1) is 8.36. The molecule has 0 spiro atoms. The van der Waals surface area contributed by atoms with Gasteiger partial charge in [-0.15, -0.1) is 10.2 Å². The lowest BCUT2D eigenvalue weighted by atomic mass is 9.84. The molecule has 1 fully saturated rings. The quantitative estimate of drug-likeness (QED) is 0.532. The summed E-state index contributed by atoms with van der Waals surface area (Å²) < 4.78 is 0. The van der Waals surface area contributed by atoms with Crippen LogP contribution in [-0.4, -0.2) is 43.4 Å². The highest BCUT2D eigenvalue weighted by molar-refractivity contribution is 5.15. The van der Waals surface area contributed by atoms with Crippen LogP contribution in [0.15, 0.2) is 12.4 Å². The Morgan fingerprint density at radius 3 is 2.47 bits per heavy atom. The molecule has 0 radical (unpaired) electrons. The predicted octanol–water partition coefficient (Wildman–Crippen LogP) is -0.932. The van der Waals surface area contributed by atoms with E-state index in [1.54, 1.807) is 12.4 Å². The average molecular weight is 234 g/mol. The van der Waals surface area contributed by atoms with E-state index in [1.165, 1.54) is 0 Å². The monoisotopic (exact) mass is 234 g/mol. The van der Waals surface area contributed by atoms with E-state index < -0.39 is 0 Å². The van der Waals surface area contributed by atoms with Gasteiger partial charge in [0, 0.05) is 12.0 Å². The van der Waals surface area contributed by atoms with E-state index in [1.807, 2.05) is 0 Å². The summed E-state index contributed by atoms with van der Waals surface area (Å²) in [5.74, 6) is 0.222. The van der Waals surface area contributed by atoms with E-state index in [4.69, 9.17) is 5.73 Å². The molecule has 0 saturated carbocycles. The Morgan fingerprint density at radius 2 is 1.82 bits per heavy atom. The fourth-order valence-electron chi connectivity index (χ4n) is 2.38. The van der Waals surface area contributed by atoms with Crippen LogP contribution in [0.5, 0.6) is 0 Å². The molecule has 0 aromatic carbocycles. The standard InChI is InChI=1S/C9H14N8/c10-8-5(6-3-12-16-14-6)1-2-11-9(8)7-4-13-17-15-7/h3-5,8-9,11H,1-2,10H2,(H,12,14,16)(H,13,15,17). The topological polar surface area (TPSA) is 121 Å². The van der Waals surface area contributed by atoms with Crippen LogP contribution >= 0.6 is 0 Å². The van der Waals surface area contributed by atoms with Gasteiger partial charge in [-0.05, 0) is 13.0 Å². The highest BCUT2D eigenvalue weighted by Crippen LogP contribution is 2.30. The summed E-state index contributed by atoms with van der Waals surface area (Å²) in [5, 5.41) is 24.2. The number of hydrogen-bond donors (Lipinski definition) is 4. The maximum Gasteiger partial charge on any atom is 0.0740 e. The van der Waals surface area contributed by atoms with Crippen molar-refractivity contribution in [2.45, 2.75) is 24.4 Å². The summed E-state index contributed by atoms with van der Waals surface area (Å²) in [4.78, 5) is 0. The molecule has 90 valence electrons. The van der Waals surface area contributed by atoms with Gasteiger partial charge in [0.05, 0.1) is 29.8 Å². The van der Waals surface area contributed by atoms with Gasteiger partial charge in [-0.3, -0.25) is 10.2 Å². The molecule has 1 saturated heterocycles. The minimum absolute atomic E-state index is 0.0343. The summed E-state index contributed by atoms with van der Waals surface area (Å²) >= 11 is 0. The smallest absolute Gasteiger partial charge is 0.0740 e. The van der Waals surface area contributed by atoms with Crippen LogP contribution < -0.4 is 11.1 Å². The molecule has 3 rings (SSSR count). The number of aromatic amines is 2. The zero-order chi connectivity index (χ0) is 11.7. The van der Waals surface area contributed by atoms with Crippen LogP contribution in [0, 0.1) is 0 Å². The third kappa shape index (κ3) is 1.81. The largest absolute Gasteiger partial charge is 0.325 e. The van der Waals surface area contributed by atoms with Crippen molar-refractivity contribution in [2.24, 2.45) is 5.73 Å². The van der Waals surface area contributed by atoms with Crippen LogP contribution in [0.3, 0.4) is 0 Å². The summed E-state index contributed by atoms with van der Waals surface area (Å²) in [7, 11) is 0. The van der Waals surface area contributed by atoms with Crippen molar-refractivity contribution in [1.29, 1.82) is 0 Å². The number of hydrogen-bond acceptors (Lipinski definition) is 6. The van der Waals surface area contributed by atoms with Gasteiger partial charge in [0.15, 0.2) is 0 Å². The summed E-state index contributed by atoms with van der Waals surface area (Å²) in [6, 6.07) is -0.0275. The molecule has 2 aromatic rings. The Balaban J connectivity index is 1.84. The molecule has 3 unspecified atom stereocenters. The van der Waals surface area contributed by atoms with Crippen molar-refractivity contribution in [2.75, 3.05) is 6.54 Å². The molecule has 0 bridgehead atoms. The van der Waals surface area contributed by atoms with Gasteiger partial charge in [0.2, 0.25) is 0 Å². The fraction of sp³-hybridized carbons (Fsp3) is 0.556. The second-order valence-corrected chi connectivity index (χ2v) is 4.23. The number of rotatable bonds is 2. The van der Waals surface area contributed by atoms with Crippen molar-refractivity contribution >= 4 is 0 Å². The first-order valence-corrected chi connectivity index (χ1v) is 5.57. The molecule has 1 aliphatic rings. The zero-order valence-corrected chi connectivity index (χ0v) is 9.17. The van der Waals surface area contributed by atoms with Gasteiger partial charge in [-0.1, -0.05) is 10.4 Å². The minimum atomic E-state index is -0.0618. The maximum absolute atomic E-state index is 6.29. The third-order valence-electron chi connectivity index (χ3n) is 3.27. The molecular weight excluding hydrogens is 220 g/mol. The van der Waals surface area contributed by atoms with E-state index in [-0.39, 0.29) is 18.0 Å². The van der Waals surface area contributed by atoms with E-state index >= 15 is 0 Å². The summed E-state index contributed by atoms with van der Waals surface area (Å²) in [6.45, 7) is 0.890. The Labute approximate surface area is 97.4 Å². The van der Waals surface area contributed by atoms with Gasteiger partial charge < -0.3 is 11.1 Å². The van der Waals surface area contributed by atoms with Crippen LogP contribution in [0.4, 0.5) is 0 Å². The van der Waals surface area contributed by atoms with Crippen LogP contribution in [0.2, 0.25) is 0 Å². The molecule has 3 atom stereocenters. The van der Waals surface area contributed by atoms with E-state index in [9.17, 15) is 0 Å². The maximum atomic E-state index is 6.29. The highest BCUT2D eigenvalue weighted by atomic mass is 15.3. The molecule has 8 heteroatoms. The Kier molecular flexibility index (Phi) is 2.57. The average Bonchev–Trinajstić information content (AvgIpc) is 3.02. The molecule has 3 heterocycles. The van der Waals surface area contributed by atoms with Crippen LogP contribution in [0.1, 0.15) is 29.8 Å². The van der Waals surface area contributed by atoms with Gasteiger partial charge in [-0.2, -0.15) is 0 Å². The number of piperidine rings is 1. The molecule has 17 heavy (non-hydrogen) atoms. The van der Waals surface area contributed by atoms with Gasteiger partial charge >= 0.3 is 0 Å². The second kappa shape index (κ2) is 4.22. The lowest BCUT2D eigenvalue weighted by Crippen LogP contribution is -2.47. The Bertz CT molecular complexity index is 407. The van der Waals surface area contributed by atoms with Crippen LogP contribution in [-0.2, 0) is 0 Å². The SMILES string of the molecule is NC1C(c2cnn[nH]2)CCNC1c1cnn[nH]1. The molecule has 5 N–H and O–H groups in total. The van der Waals surface area contributed by atoms with E-state index in [0.29, 0.717) is 0 Å². The highest BCUT2D eigenvalue weighted by Gasteiger charge is 2.34. The lowest BCUT2D eigenvalue weighted by Gasteiger charge is -2.35. The van der Waals surface area contributed by atoms with E-state index in [2.05, 4.69) is 36.1 Å². The first kappa shape index (κ1) is 10.4. The van der Waals surface area contributed by atoms with Crippen LogP contribution in [0.25, 0.3) is 0 Å². The molecule has 2 aromatic heterocycles. The molecule has 8 nitrogen and oxygen atoms in total. The number of nitrogens with two attached hydrogens (primary N) is 1. The molecule has 0 amide bonds. The first-order valence-electron chi connectivity index (χ1n) is 5.57. The van der Waals surface area contributed by atoms with E-state index in [0.717, 1.165) is 24.4 Å². The van der Waals surface area contributed by atoms with Crippen molar-refractivity contribution in [1.82, 2.24) is 36.1 Å². The number of nitrogens with zero attached hydrogens (tertiary/aromatic N) is 4. The fourth-order valence-corrected chi connectivity index (χ4v) is 2.38. The zero-order valence-electron chi connectivity index (χ0n) is 9.17. The van der Waals surface area contributed by atoms with Crippen molar-refractivity contribution in [3.8, 4) is 0 Å². The van der Waals surface area contributed by atoms with Crippen molar-refractivity contribution in [3.05, 3.63) is 23.8 Å². The predicted molar refractivity (Wildman–Crippen MR) is 58.8 cm³/mol. The normalized spacial score (nSPS) is 29.4. The Hall–Kier alpha value is -1.80. The second-order valence-electron chi connectivity index (χ2n) is 4.23. The molecule has 1 aliphatic heterocycles. The van der Waals surface area contributed by atoms with Gasteiger partial charge in [-0.25, -0.2) is 0 Å². The lowest BCUT2D eigenvalue weighted by molar-refractivity contribution is 0.308. The molecule has 0 aliphatic carbocycles. The third-order valence-corrected chi connectivity index (χ3v) is 3.27. The summed E-state index contributed by atoms with van der Waals surface area (Å²) in [6.07, 6.45) is 4.40. The molecular formula is C9H14N8. The van der Waals surface area contributed by atoms with Gasteiger partial charge in [0.1, 0.15) is 0 Å². The summed E-state index contributed by atoms with van der Waals surface area (Å²) in [5.41, 5.74) is 8.19. The number of H-pyrrole nitrogens is 2. The van der Waals surface area contributed by atoms with Crippen molar-refractivity contribution in [3.63, 3.8) is 0 Å². The van der Waals surface area contributed by atoms with Crippen molar-refractivity contribution < 1.29 is 0 Å². The number of nitrogens with one attached hydrogen (secondary N) is 3. The minimum Gasteiger partial charge on any atom is -0.325 e. The Morgan fingerprint density at radius 1 is 1.12 bits per heavy atom. The van der Waals surface area contributed by atoms with Gasteiger partial charge in [0.25, 0.3) is 0 Å². The number of aromatic nitrogens is 6.